The van der Waals surface area contributed by atoms with Crippen LogP contribution in [0.5, 0.6) is 0 Å². The fourth-order valence-corrected chi connectivity index (χ4v) is 4.01. The lowest BCUT2D eigenvalue weighted by Crippen LogP contribution is -2.46. The molecule has 2 aliphatic rings. The number of piperidine rings is 1. The van der Waals surface area contributed by atoms with Crippen LogP contribution in [0.4, 0.5) is 0 Å². The highest BCUT2D eigenvalue weighted by atomic mass is 16.6. The van der Waals surface area contributed by atoms with Gasteiger partial charge in [0.2, 0.25) is 0 Å². The molecule has 3 nitrogen and oxygen atoms in total. The summed E-state index contributed by atoms with van der Waals surface area (Å²) < 4.78 is 0. The van der Waals surface area contributed by atoms with E-state index in [0.29, 0.717) is 17.9 Å². The minimum atomic E-state index is 0.460. The van der Waals surface area contributed by atoms with Gasteiger partial charge in [0, 0.05) is 24.2 Å². The molecule has 2 saturated heterocycles. The molecule has 3 rings (SSSR count). The maximum absolute atomic E-state index is 4.94. The van der Waals surface area contributed by atoms with Gasteiger partial charge in [0.15, 0.2) is 0 Å². The fraction of sp³-hybridized carbons (Fsp3) is 0.588. The van der Waals surface area contributed by atoms with Crippen LogP contribution in [-0.2, 0) is 4.84 Å². The summed E-state index contributed by atoms with van der Waals surface area (Å²) in [5.41, 5.74) is 2.78. The van der Waals surface area contributed by atoms with E-state index in [-0.39, 0.29) is 0 Å². The Balaban J connectivity index is 1.91. The molecule has 0 saturated carbocycles. The summed E-state index contributed by atoms with van der Waals surface area (Å²) >= 11 is 0. The molecule has 0 amide bonds. The standard InChI is InChI=1S/C17H24N2O/c1-12-4-6-13(7-5-12)15-10-14-8-9-17(19(14)2)16(15)11-18-20-3/h4-7,11,14-17H,8-10H2,1-3H3/b18-11+. The van der Waals surface area contributed by atoms with Crippen LogP contribution < -0.4 is 0 Å². The molecule has 20 heavy (non-hydrogen) atoms. The van der Waals surface area contributed by atoms with Gasteiger partial charge in [-0.1, -0.05) is 35.0 Å². The van der Waals surface area contributed by atoms with Crippen LogP contribution >= 0.6 is 0 Å². The molecule has 4 unspecified atom stereocenters. The molecule has 0 spiro atoms. The smallest absolute Gasteiger partial charge is 0.106 e. The zero-order valence-corrected chi connectivity index (χ0v) is 12.6. The number of hydrogen-bond donors (Lipinski definition) is 0. The number of rotatable bonds is 3. The first-order chi connectivity index (χ1) is 9.70. The minimum absolute atomic E-state index is 0.460. The first kappa shape index (κ1) is 13.6. The van der Waals surface area contributed by atoms with E-state index in [4.69, 9.17) is 4.84 Å². The molecule has 0 radical (unpaired) electrons. The van der Waals surface area contributed by atoms with E-state index in [1.807, 2.05) is 6.21 Å². The Kier molecular flexibility index (Phi) is 3.79. The minimum Gasteiger partial charge on any atom is -0.399 e. The van der Waals surface area contributed by atoms with Gasteiger partial charge in [0.25, 0.3) is 0 Å². The van der Waals surface area contributed by atoms with Crippen molar-refractivity contribution in [3.8, 4) is 0 Å². The third kappa shape index (κ3) is 2.35. The second kappa shape index (κ2) is 5.57. The van der Waals surface area contributed by atoms with Crippen LogP contribution in [0, 0.1) is 12.8 Å². The summed E-state index contributed by atoms with van der Waals surface area (Å²) in [5, 5.41) is 4.09. The lowest BCUT2D eigenvalue weighted by Gasteiger charge is -2.41. The summed E-state index contributed by atoms with van der Waals surface area (Å²) in [5.74, 6) is 1.03. The van der Waals surface area contributed by atoms with Crippen LogP contribution in [0.3, 0.4) is 0 Å². The quantitative estimate of drug-likeness (QED) is 0.623. The number of benzene rings is 1. The van der Waals surface area contributed by atoms with Crippen LogP contribution in [0.25, 0.3) is 0 Å². The summed E-state index contributed by atoms with van der Waals surface area (Å²) in [7, 11) is 3.89. The monoisotopic (exact) mass is 272 g/mol. The van der Waals surface area contributed by atoms with Crippen molar-refractivity contribution in [3.05, 3.63) is 35.4 Å². The molecule has 2 heterocycles. The summed E-state index contributed by atoms with van der Waals surface area (Å²) in [4.78, 5) is 7.49. The predicted molar refractivity (Wildman–Crippen MR) is 82.1 cm³/mol. The van der Waals surface area contributed by atoms with E-state index in [1.165, 1.54) is 30.4 Å². The maximum atomic E-state index is 4.94. The molecule has 1 aromatic rings. The molecule has 3 heteroatoms. The van der Waals surface area contributed by atoms with E-state index in [0.717, 1.165) is 6.04 Å². The van der Waals surface area contributed by atoms with Crippen molar-refractivity contribution in [1.82, 2.24) is 4.90 Å². The van der Waals surface area contributed by atoms with Crippen LogP contribution in [0.15, 0.2) is 29.4 Å². The van der Waals surface area contributed by atoms with Crippen LogP contribution in [-0.4, -0.2) is 37.4 Å². The average molecular weight is 272 g/mol. The van der Waals surface area contributed by atoms with Crippen molar-refractivity contribution in [2.24, 2.45) is 11.1 Å². The Labute approximate surface area is 121 Å². The van der Waals surface area contributed by atoms with E-state index < -0.39 is 0 Å². The molecule has 2 aliphatic heterocycles. The van der Waals surface area contributed by atoms with E-state index >= 15 is 0 Å². The largest absolute Gasteiger partial charge is 0.399 e. The van der Waals surface area contributed by atoms with Gasteiger partial charge in [-0.3, -0.25) is 4.90 Å². The Hall–Kier alpha value is -1.35. The van der Waals surface area contributed by atoms with E-state index in [9.17, 15) is 0 Å². The van der Waals surface area contributed by atoms with Gasteiger partial charge in [-0.05, 0) is 44.7 Å². The molecule has 108 valence electrons. The highest BCUT2D eigenvalue weighted by Crippen LogP contribution is 2.45. The Morgan fingerprint density at radius 2 is 2.00 bits per heavy atom. The molecule has 1 aromatic carbocycles. The molecular formula is C17H24N2O. The average Bonchev–Trinajstić information content (AvgIpc) is 2.71. The van der Waals surface area contributed by atoms with Crippen molar-refractivity contribution in [2.75, 3.05) is 14.2 Å². The highest BCUT2D eigenvalue weighted by molar-refractivity contribution is 5.64. The normalized spacial score (nSPS) is 33.8. The highest BCUT2D eigenvalue weighted by Gasteiger charge is 2.45. The predicted octanol–water partition coefficient (Wildman–Crippen LogP) is 3.19. The summed E-state index contributed by atoms with van der Waals surface area (Å²) in [6, 6.07) is 10.4. The first-order valence-corrected chi connectivity index (χ1v) is 7.56. The summed E-state index contributed by atoms with van der Waals surface area (Å²) in [6.45, 7) is 2.14. The topological polar surface area (TPSA) is 24.8 Å². The van der Waals surface area contributed by atoms with Crippen LogP contribution in [0.2, 0.25) is 0 Å². The number of fused-ring (bicyclic) bond motifs is 2. The third-order valence-electron chi connectivity index (χ3n) is 5.17. The Morgan fingerprint density at radius 3 is 2.70 bits per heavy atom. The molecule has 4 atom stereocenters. The third-order valence-corrected chi connectivity index (χ3v) is 5.17. The zero-order chi connectivity index (χ0) is 14.1. The fourth-order valence-electron chi connectivity index (χ4n) is 4.01. The molecule has 0 aromatic heterocycles. The molecular weight excluding hydrogens is 248 g/mol. The van der Waals surface area contributed by atoms with Gasteiger partial charge in [0.05, 0.1) is 0 Å². The van der Waals surface area contributed by atoms with Gasteiger partial charge in [-0.25, -0.2) is 0 Å². The lowest BCUT2D eigenvalue weighted by molar-refractivity contribution is 0.131. The molecule has 2 fully saturated rings. The molecule has 2 bridgehead atoms. The molecule has 0 aliphatic carbocycles. The van der Waals surface area contributed by atoms with Crippen molar-refractivity contribution in [3.63, 3.8) is 0 Å². The summed E-state index contributed by atoms with van der Waals surface area (Å²) in [6.07, 6.45) is 5.87. The Morgan fingerprint density at radius 1 is 1.25 bits per heavy atom. The van der Waals surface area contributed by atoms with Gasteiger partial charge >= 0.3 is 0 Å². The van der Waals surface area contributed by atoms with Gasteiger partial charge in [0.1, 0.15) is 7.11 Å². The second-order valence-corrected chi connectivity index (χ2v) is 6.23. The van der Waals surface area contributed by atoms with Crippen molar-refractivity contribution < 1.29 is 4.84 Å². The number of oxime groups is 1. The number of nitrogens with zero attached hydrogens (tertiary/aromatic N) is 2. The molecule has 0 N–H and O–H groups in total. The van der Waals surface area contributed by atoms with Gasteiger partial charge in [-0.2, -0.15) is 0 Å². The van der Waals surface area contributed by atoms with E-state index in [2.05, 4.69) is 48.3 Å². The Bertz CT molecular complexity index is 482. The van der Waals surface area contributed by atoms with Crippen LogP contribution in [0.1, 0.15) is 36.3 Å². The van der Waals surface area contributed by atoms with E-state index in [1.54, 1.807) is 7.11 Å². The van der Waals surface area contributed by atoms with Crippen molar-refractivity contribution >= 4 is 6.21 Å². The SMILES string of the molecule is CO/N=C/C1C(c2ccc(C)cc2)CC2CCC1N2C. The van der Waals surface area contributed by atoms with Crippen molar-refractivity contribution in [1.29, 1.82) is 0 Å². The lowest BCUT2D eigenvalue weighted by atomic mass is 9.77. The van der Waals surface area contributed by atoms with Crippen molar-refractivity contribution in [2.45, 2.75) is 44.2 Å². The number of hydrogen-bond acceptors (Lipinski definition) is 3. The first-order valence-electron chi connectivity index (χ1n) is 7.56. The maximum Gasteiger partial charge on any atom is 0.106 e. The zero-order valence-electron chi connectivity index (χ0n) is 12.6. The van der Waals surface area contributed by atoms with Gasteiger partial charge < -0.3 is 4.84 Å². The number of aryl methyl sites for hydroxylation is 1. The second-order valence-electron chi connectivity index (χ2n) is 6.23. The van der Waals surface area contributed by atoms with Gasteiger partial charge in [-0.15, -0.1) is 0 Å².